The Morgan fingerprint density at radius 3 is 2.74 bits per heavy atom. The molecule has 0 bridgehead atoms. The number of guanidine groups is 1. The Morgan fingerprint density at radius 1 is 1.37 bits per heavy atom. The zero-order chi connectivity index (χ0) is 13.7. The van der Waals surface area contributed by atoms with Crippen molar-refractivity contribution < 1.29 is 0 Å². The van der Waals surface area contributed by atoms with Gasteiger partial charge >= 0.3 is 0 Å². The van der Waals surface area contributed by atoms with Gasteiger partial charge in [0.1, 0.15) is 0 Å². The fraction of sp³-hybridized carbons (Fsp3) is 0.562. The van der Waals surface area contributed by atoms with E-state index in [2.05, 4.69) is 48.4 Å². The number of aliphatic imine (C=N–C) groups is 1. The largest absolute Gasteiger partial charge is 0.370 e. The highest BCUT2D eigenvalue weighted by atomic mass is 15.1. The molecule has 1 aromatic rings. The van der Waals surface area contributed by atoms with E-state index in [1.807, 2.05) is 0 Å². The SMILES string of the molecule is CCCCNC(N)=NCC1(c2ccccc2C)CC1. The van der Waals surface area contributed by atoms with Gasteiger partial charge in [0.05, 0.1) is 6.54 Å². The lowest BCUT2D eigenvalue weighted by Gasteiger charge is -2.16. The summed E-state index contributed by atoms with van der Waals surface area (Å²) >= 11 is 0. The molecular weight excluding hydrogens is 234 g/mol. The van der Waals surface area contributed by atoms with Gasteiger partial charge in [-0.05, 0) is 37.3 Å². The molecule has 2 rings (SSSR count). The van der Waals surface area contributed by atoms with Crippen molar-refractivity contribution >= 4 is 5.96 Å². The quantitative estimate of drug-likeness (QED) is 0.469. The van der Waals surface area contributed by atoms with Gasteiger partial charge in [-0.1, -0.05) is 37.6 Å². The number of hydrogen-bond donors (Lipinski definition) is 2. The van der Waals surface area contributed by atoms with Gasteiger partial charge in [0.15, 0.2) is 5.96 Å². The highest BCUT2D eigenvalue weighted by molar-refractivity contribution is 5.77. The van der Waals surface area contributed by atoms with Crippen molar-refractivity contribution in [3.63, 3.8) is 0 Å². The molecule has 0 unspecified atom stereocenters. The average molecular weight is 259 g/mol. The molecule has 0 radical (unpaired) electrons. The summed E-state index contributed by atoms with van der Waals surface area (Å²) in [4.78, 5) is 4.53. The standard InChI is InChI=1S/C16H25N3/c1-3-4-11-18-15(17)19-12-16(9-10-16)14-8-6-5-7-13(14)2/h5-8H,3-4,9-12H2,1-2H3,(H3,17,18,19). The van der Waals surface area contributed by atoms with Crippen molar-refractivity contribution in [3.05, 3.63) is 35.4 Å². The first kappa shape index (κ1) is 13.9. The van der Waals surface area contributed by atoms with Crippen molar-refractivity contribution in [1.82, 2.24) is 5.32 Å². The third-order valence-corrected chi connectivity index (χ3v) is 3.96. The molecule has 104 valence electrons. The van der Waals surface area contributed by atoms with Gasteiger partial charge in [0.2, 0.25) is 0 Å². The summed E-state index contributed by atoms with van der Waals surface area (Å²) < 4.78 is 0. The minimum absolute atomic E-state index is 0.252. The second-order valence-corrected chi connectivity index (χ2v) is 5.58. The minimum atomic E-state index is 0.252. The molecule has 0 aliphatic heterocycles. The smallest absolute Gasteiger partial charge is 0.188 e. The van der Waals surface area contributed by atoms with Crippen LogP contribution >= 0.6 is 0 Å². The van der Waals surface area contributed by atoms with E-state index in [1.165, 1.54) is 30.4 Å². The van der Waals surface area contributed by atoms with Crippen molar-refractivity contribution in [2.75, 3.05) is 13.1 Å². The van der Waals surface area contributed by atoms with Crippen LogP contribution in [0.25, 0.3) is 0 Å². The third kappa shape index (κ3) is 3.49. The fourth-order valence-corrected chi connectivity index (χ4v) is 2.52. The molecule has 1 fully saturated rings. The molecule has 1 aliphatic rings. The zero-order valence-electron chi connectivity index (χ0n) is 12.1. The van der Waals surface area contributed by atoms with Crippen LogP contribution in [0.2, 0.25) is 0 Å². The molecule has 1 aromatic carbocycles. The van der Waals surface area contributed by atoms with Crippen LogP contribution in [0.5, 0.6) is 0 Å². The maximum Gasteiger partial charge on any atom is 0.188 e. The van der Waals surface area contributed by atoms with Gasteiger partial charge in [-0.2, -0.15) is 0 Å². The normalized spacial score (nSPS) is 17.3. The fourth-order valence-electron chi connectivity index (χ4n) is 2.52. The summed E-state index contributed by atoms with van der Waals surface area (Å²) in [5.41, 5.74) is 8.97. The number of rotatable bonds is 6. The van der Waals surface area contributed by atoms with Crippen LogP contribution in [0.1, 0.15) is 43.7 Å². The number of nitrogens with two attached hydrogens (primary N) is 1. The molecule has 0 atom stereocenters. The number of nitrogens with one attached hydrogen (secondary N) is 1. The molecule has 0 amide bonds. The number of aryl methyl sites for hydroxylation is 1. The Bertz CT molecular complexity index is 447. The molecule has 3 nitrogen and oxygen atoms in total. The average Bonchev–Trinajstić information content (AvgIpc) is 3.18. The molecule has 1 aliphatic carbocycles. The molecular formula is C16H25N3. The van der Waals surface area contributed by atoms with Gasteiger partial charge < -0.3 is 11.1 Å². The Kier molecular flexibility index (Phi) is 4.46. The van der Waals surface area contributed by atoms with Crippen molar-refractivity contribution in [3.8, 4) is 0 Å². The number of benzene rings is 1. The second kappa shape index (κ2) is 6.09. The van der Waals surface area contributed by atoms with Gasteiger partial charge in [-0.15, -0.1) is 0 Å². The molecule has 0 spiro atoms. The first-order valence-corrected chi connectivity index (χ1v) is 7.28. The number of hydrogen-bond acceptors (Lipinski definition) is 1. The van der Waals surface area contributed by atoms with Gasteiger partial charge in [0.25, 0.3) is 0 Å². The van der Waals surface area contributed by atoms with Gasteiger partial charge in [-0.3, -0.25) is 4.99 Å². The summed E-state index contributed by atoms with van der Waals surface area (Å²) in [6.07, 6.45) is 4.76. The van der Waals surface area contributed by atoms with Gasteiger partial charge in [0, 0.05) is 12.0 Å². The third-order valence-electron chi connectivity index (χ3n) is 3.96. The van der Waals surface area contributed by atoms with Crippen LogP contribution in [0.4, 0.5) is 0 Å². The van der Waals surface area contributed by atoms with Crippen LogP contribution in [0.3, 0.4) is 0 Å². The highest BCUT2D eigenvalue weighted by Gasteiger charge is 2.44. The van der Waals surface area contributed by atoms with E-state index in [4.69, 9.17) is 5.73 Å². The summed E-state index contributed by atoms with van der Waals surface area (Å²) in [6, 6.07) is 8.63. The van der Waals surface area contributed by atoms with Crippen molar-refractivity contribution in [2.24, 2.45) is 10.7 Å². The second-order valence-electron chi connectivity index (χ2n) is 5.58. The van der Waals surface area contributed by atoms with E-state index in [1.54, 1.807) is 0 Å². The summed E-state index contributed by atoms with van der Waals surface area (Å²) in [6.45, 7) is 6.08. The van der Waals surface area contributed by atoms with E-state index in [9.17, 15) is 0 Å². The van der Waals surface area contributed by atoms with Crippen LogP contribution in [-0.4, -0.2) is 19.0 Å². The first-order chi connectivity index (χ1) is 9.18. The molecule has 3 N–H and O–H groups in total. The lowest BCUT2D eigenvalue weighted by Crippen LogP contribution is -2.33. The highest BCUT2D eigenvalue weighted by Crippen LogP contribution is 2.49. The molecule has 0 heterocycles. The van der Waals surface area contributed by atoms with Crippen LogP contribution in [0, 0.1) is 6.92 Å². The number of unbranched alkanes of at least 4 members (excludes halogenated alkanes) is 1. The number of nitrogens with zero attached hydrogens (tertiary/aromatic N) is 1. The van der Waals surface area contributed by atoms with Crippen LogP contribution < -0.4 is 11.1 Å². The van der Waals surface area contributed by atoms with E-state index >= 15 is 0 Å². The van der Waals surface area contributed by atoms with Crippen LogP contribution in [-0.2, 0) is 5.41 Å². The Labute approximate surface area is 116 Å². The molecule has 19 heavy (non-hydrogen) atoms. The monoisotopic (exact) mass is 259 g/mol. The topological polar surface area (TPSA) is 50.4 Å². The maximum atomic E-state index is 5.90. The zero-order valence-corrected chi connectivity index (χ0v) is 12.1. The molecule has 1 saturated carbocycles. The van der Waals surface area contributed by atoms with E-state index < -0.39 is 0 Å². The minimum Gasteiger partial charge on any atom is -0.370 e. The van der Waals surface area contributed by atoms with Crippen LogP contribution in [0.15, 0.2) is 29.3 Å². The molecule has 0 saturated heterocycles. The summed E-state index contributed by atoms with van der Waals surface area (Å²) in [5.74, 6) is 0.591. The van der Waals surface area contributed by atoms with E-state index in [0.29, 0.717) is 5.96 Å². The molecule has 0 aromatic heterocycles. The van der Waals surface area contributed by atoms with Gasteiger partial charge in [-0.25, -0.2) is 0 Å². The Hall–Kier alpha value is -1.51. The molecule has 3 heteroatoms. The Balaban J connectivity index is 1.95. The lowest BCUT2D eigenvalue weighted by atomic mass is 9.92. The van der Waals surface area contributed by atoms with E-state index in [-0.39, 0.29) is 5.41 Å². The summed E-state index contributed by atoms with van der Waals surface area (Å²) in [7, 11) is 0. The maximum absolute atomic E-state index is 5.90. The summed E-state index contributed by atoms with van der Waals surface area (Å²) in [5, 5.41) is 3.18. The first-order valence-electron chi connectivity index (χ1n) is 7.28. The van der Waals surface area contributed by atoms with E-state index in [0.717, 1.165) is 19.5 Å². The Morgan fingerprint density at radius 2 is 2.11 bits per heavy atom. The lowest BCUT2D eigenvalue weighted by molar-refractivity contribution is 0.690. The van der Waals surface area contributed by atoms with Crippen molar-refractivity contribution in [2.45, 2.75) is 44.9 Å². The van der Waals surface area contributed by atoms with Crippen molar-refractivity contribution in [1.29, 1.82) is 0 Å². The predicted octanol–water partition coefficient (Wildman–Crippen LogP) is 2.73. The predicted molar refractivity (Wildman–Crippen MR) is 81.5 cm³/mol.